The number of fused-ring (bicyclic) bond motifs is 1. The summed E-state index contributed by atoms with van der Waals surface area (Å²) in [7, 11) is 1.65. The smallest absolute Gasteiger partial charge is 0.169 e. The Morgan fingerprint density at radius 3 is 2.33 bits per heavy atom. The van der Waals surface area contributed by atoms with Crippen molar-refractivity contribution in [2.75, 3.05) is 18.2 Å². The van der Waals surface area contributed by atoms with Gasteiger partial charge >= 0.3 is 0 Å². The Hall–Kier alpha value is -2.82. The summed E-state index contributed by atoms with van der Waals surface area (Å²) in [6, 6.07) is 15.5. The number of benzene rings is 2. The maximum atomic E-state index is 5.94. The molecule has 0 spiro atoms. The quantitative estimate of drug-likeness (QED) is 0.768. The first kappa shape index (κ1) is 13.2. The highest BCUT2D eigenvalue weighted by Gasteiger charge is 2.05. The predicted molar refractivity (Wildman–Crippen MR) is 84.3 cm³/mol. The molecule has 0 fully saturated rings. The molecule has 0 radical (unpaired) electrons. The van der Waals surface area contributed by atoms with E-state index in [0.717, 1.165) is 22.3 Å². The zero-order valence-electron chi connectivity index (χ0n) is 11.7. The summed E-state index contributed by atoms with van der Waals surface area (Å²) in [5, 5.41) is 3.22. The molecule has 3 N–H and O–H groups in total. The minimum Gasteiger partial charge on any atom is -0.497 e. The predicted octanol–water partition coefficient (Wildman–Crippen LogP) is 2.83. The van der Waals surface area contributed by atoms with Crippen LogP contribution < -0.4 is 15.8 Å². The van der Waals surface area contributed by atoms with Gasteiger partial charge in [0.1, 0.15) is 5.75 Å². The fourth-order valence-electron chi connectivity index (χ4n) is 2.07. The molecule has 0 amide bonds. The molecule has 1 heterocycles. The second kappa shape index (κ2) is 5.66. The molecular weight excluding hydrogens is 264 g/mol. The molecule has 1 aromatic heterocycles. The van der Waals surface area contributed by atoms with Gasteiger partial charge in [0.15, 0.2) is 11.6 Å². The Kier molecular flexibility index (Phi) is 3.55. The first-order valence-corrected chi connectivity index (χ1v) is 6.65. The number of nitrogens with two attached hydrogens (primary N) is 1. The molecule has 3 rings (SSSR count). The van der Waals surface area contributed by atoms with Crippen molar-refractivity contribution >= 4 is 22.7 Å². The third-order valence-corrected chi connectivity index (χ3v) is 3.22. The van der Waals surface area contributed by atoms with Crippen LogP contribution >= 0.6 is 0 Å². The third-order valence-electron chi connectivity index (χ3n) is 3.22. The lowest BCUT2D eigenvalue weighted by Gasteiger charge is -2.09. The van der Waals surface area contributed by atoms with Crippen LogP contribution in [0.3, 0.4) is 0 Å². The third kappa shape index (κ3) is 2.86. The van der Waals surface area contributed by atoms with E-state index in [9.17, 15) is 0 Å². The van der Waals surface area contributed by atoms with E-state index < -0.39 is 0 Å². The van der Waals surface area contributed by atoms with Crippen LogP contribution in [0.2, 0.25) is 0 Å². The molecule has 0 unspecified atom stereocenters. The number of anilines is 2. The van der Waals surface area contributed by atoms with Crippen molar-refractivity contribution in [1.29, 1.82) is 0 Å². The summed E-state index contributed by atoms with van der Waals surface area (Å²) in [5.41, 5.74) is 8.68. The van der Waals surface area contributed by atoms with E-state index >= 15 is 0 Å². The van der Waals surface area contributed by atoms with Gasteiger partial charge in [0, 0.05) is 6.54 Å². The highest BCUT2D eigenvalue weighted by molar-refractivity contribution is 5.79. The van der Waals surface area contributed by atoms with Crippen molar-refractivity contribution in [3.63, 3.8) is 0 Å². The fraction of sp³-hybridized carbons (Fsp3) is 0.125. The van der Waals surface area contributed by atoms with Crippen LogP contribution in [0.15, 0.2) is 48.5 Å². The van der Waals surface area contributed by atoms with Gasteiger partial charge in [0.05, 0.1) is 18.1 Å². The lowest BCUT2D eigenvalue weighted by Crippen LogP contribution is -2.06. The Morgan fingerprint density at radius 2 is 1.67 bits per heavy atom. The molecule has 3 aromatic rings. The Morgan fingerprint density at radius 1 is 1.00 bits per heavy atom. The van der Waals surface area contributed by atoms with Crippen molar-refractivity contribution < 1.29 is 4.74 Å². The van der Waals surface area contributed by atoms with E-state index in [1.54, 1.807) is 7.11 Å². The number of rotatable bonds is 4. The van der Waals surface area contributed by atoms with E-state index in [0.29, 0.717) is 18.2 Å². The fourth-order valence-corrected chi connectivity index (χ4v) is 2.07. The zero-order valence-corrected chi connectivity index (χ0v) is 11.7. The first-order valence-electron chi connectivity index (χ1n) is 6.65. The standard InChI is InChI=1S/C16H16N4O/c1-21-12-8-6-11(7-9-12)10-18-16-15(17)19-13-4-2-3-5-14(13)20-16/h2-9H,10H2,1H3,(H2,17,19)(H,18,20). The van der Waals surface area contributed by atoms with Gasteiger partial charge in [-0.15, -0.1) is 0 Å². The lowest BCUT2D eigenvalue weighted by molar-refractivity contribution is 0.414. The van der Waals surface area contributed by atoms with Crippen LogP contribution in [0.5, 0.6) is 5.75 Å². The van der Waals surface area contributed by atoms with Gasteiger partial charge in [0.2, 0.25) is 0 Å². The molecule has 0 saturated carbocycles. The number of nitrogens with zero attached hydrogens (tertiary/aromatic N) is 2. The van der Waals surface area contributed by atoms with Gasteiger partial charge in [-0.2, -0.15) is 0 Å². The van der Waals surface area contributed by atoms with Gasteiger partial charge in [-0.3, -0.25) is 0 Å². The van der Waals surface area contributed by atoms with Crippen LogP contribution in [0.4, 0.5) is 11.6 Å². The molecule has 0 aliphatic heterocycles. The number of nitrogens with one attached hydrogen (secondary N) is 1. The molecule has 21 heavy (non-hydrogen) atoms. The second-order valence-corrected chi connectivity index (χ2v) is 4.65. The summed E-state index contributed by atoms with van der Waals surface area (Å²) >= 11 is 0. The Bertz CT molecular complexity index is 756. The van der Waals surface area contributed by atoms with Gasteiger partial charge in [-0.1, -0.05) is 24.3 Å². The molecule has 5 nitrogen and oxygen atoms in total. The first-order chi connectivity index (χ1) is 10.3. The lowest BCUT2D eigenvalue weighted by atomic mass is 10.2. The van der Waals surface area contributed by atoms with Crippen molar-refractivity contribution in [1.82, 2.24) is 9.97 Å². The number of aromatic nitrogens is 2. The van der Waals surface area contributed by atoms with E-state index in [4.69, 9.17) is 10.5 Å². The highest BCUT2D eigenvalue weighted by atomic mass is 16.5. The van der Waals surface area contributed by atoms with Gasteiger partial charge in [0.25, 0.3) is 0 Å². The monoisotopic (exact) mass is 280 g/mol. The average molecular weight is 280 g/mol. The summed E-state index contributed by atoms with van der Waals surface area (Å²) in [6.45, 7) is 0.626. The minimum absolute atomic E-state index is 0.405. The summed E-state index contributed by atoms with van der Waals surface area (Å²) < 4.78 is 5.14. The summed E-state index contributed by atoms with van der Waals surface area (Å²) in [4.78, 5) is 8.85. The zero-order chi connectivity index (χ0) is 14.7. The molecule has 0 atom stereocenters. The minimum atomic E-state index is 0.405. The molecule has 2 aromatic carbocycles. The SMILES string of the molecule is COc1ccc(CNc2nc3ccccc3nc2N)cc1. The van der Waals surface area contributed by atoms with E-state index in [1.807, 2.05) is 48.5 Å². The average Bonchev–Trinajstić information content (AvgIpc) is 2.53. The molecule has 0 aliphatic rings. The number of ether oxygens (including phenoxy) is 1. The number of hydrogen-bond acceptors (Lipinski definition) is 5. The van der Waals surface area contributed by atoms with Crippen LogP contribution in [-0.2, 0) is 6.54 Å². The normalized spacial score (nSPS) is 10.5. The molecular formula is C16H16N4O. The van der Waals surface area contributed by atoms with E-state index in [1.165, 1.54) is 0 Å². The maximum Gasteiger partial charge on any atom is 0.169 e. The number of nitrogen functional groups attached to an aromatic ring is 1. The number of hydrogen-bond donors (Lipinski definition) is 2. The van der Waals surface area contributed by atoms with Crippen molar-refractivity contribution in [3.8, 4) is 5.75 Å². The van der Waals surface area contributed by atoms with Crippen molar-refractivity contribution in [2.45, 2.75) is 6.54 Å². The molecule has 0 saturated heterocycles. The molecule has 0 bridgehead atoms. The summed E-state index contributed by atoms with van der Waals surface area (Å²) in [6.07, 6.45) is 0. The highest BCUT2D eigenvalue weighted by Crippen LogP contribution is 2.19. The summed E-state index contributed by atoms with van der Waals surface area (Å²) in [5.74, 6) is 1.84. The van der Waals surface area contributed by atoms with Crippen molar-refractivity contribution in [2.24, 2.45) is 0 Å². The molecule has 0 aliphatic carbocycles. The topological polar surface area (TPSA) is 73.1 Å². The van der Waals surface area contributed by atoms with Crippen LogP contribution in [0, 0.1) is 0 Å². The van der Waals surface area contributed by atoms with Crippen molar-refractivity contribution in [3.05, 3.63) is 54.1 Å². The maximum absolute atomic E-state index is 5.94. The van der Waals surface area contributed by atoms with Gasteiger partial charge < -0.3 is 15.8 Å². The van der Waals surface area contributed by atoms with Gasteiger partial charge in [-0.05, 0) is 29.8 Å². The Balaban J connectivity index is 1.79. The largest absolute Gasteiger partial charge is 0.497 e. The van der Waals surface area contributed by atoms with Crippen LogP contribution in [0.1, 0.15) is 5.56 Å². The molecule has 5 heteroatoms. The van der Waals surface area contributed by atoms with E-state index in [2.05, 4.69) is 15.3 Å². The number of para-hydroxylation sites is 2. The van der Waals surface area contributed by atoms with Crippen LogP contribution in [-0.4, -0.2) is 17.1 Å². The number of methoxy groups -OCH3 is 1. The second-order valence-electron chi connectivity index (χ2n) is 4.65. The molecule has 106 valence electrons. The van der Waals surface area contributed by atoms with E-state index in [-0.39, 0.29) is 0 Å². The van der Waals surface area contributed by atoms with Gasteiger partial charge in [-0.25, -0.2) is 9.97 Å². The Labute approximate surface area is 122 Å². The van der Waals surface area contributed by atoms with Crippen LogP contribution in [0.25, 0.3) is 11.0 Å².